The van der Waals surface area contributed by atoms with Gasteiger partial charge in [-0.05, 0) is 28.8 Å². The molecule has 0 aromatic heterocycles. The smallest absolute Gasteiger partial charge is 0.119 e. The Hall–Kier alpha value is -1.84. The van der Waals surface area contributed by atoms with Crippen LogP contribution in [0.1, 0.15) is 16.7 Å². The molecule has 0 fully saturated rings. The molecular formula is C16H19NO2. The molecular weight excluding hydrogens is 238 g/mol. The molecule has 2 aromatic carbocycles. The van der Waals surface area contributed by atoms with E-state index in [-0.39, 0.29) is 0 Å². The summed E-state index contributed by atoms with van der Waals surface area (Å²) in [4.78, 5) is 0. The summed E-state index contributed by atoms with van der Waals surface area (Å²) in [6.45, 7) is 1.68. The van der Waals surface area contributed by atoms with Crippen molar-refractivity contribution in [3.05, 3.63) is 65.2 Å². The predicted octanol–water partition coefficient (Wildman–Crippen LogP) is 2.87. The van der Waals surface area contributed by atoms with Crippen molar-refractivity contribution in [1.29, 1.82) is 0 Å². The molecule has 0 aliphatic carbocycles. The minimum absolute atomic E-state index is 0.540. The number of nitrogens with two attached hydrogens (primary N) is 1. The third-order valence-corrected chi connectivity index (χ3v) is 3.00. The zero-order chi connectivity index (χ0) is 13.5. The van der Waals surface area contributed by atoms with Gasteiger partial charge in [0, 0.05) is 6.54 Å². The third-order valence-electron chi connectivity index (χ3n) is 3.00. The molecule has 0 heterocycles. The number of hydrogen-bond acceptors (Lipinski definition) is 3. The predicted molar refractivity (Wildman–Crippen MR) is 75.8 cm³/mol. The second-order valence-corrected chi connectivity index (χ2v) is 4.32. The van der Waals surface area contributed by atoms with Crippen LogP contribution in [0.5, 0.6) is 5.75 Å². The normalized spacial score (nSPS) is 10.4. The molecule has 0 amide bonds. The highest BCUT2D eigenvalue weighted by Crippen LogP contribution is 2.15. The van der Waals surface area contributed by atoms with E-state index in [1.807, 2.05) is 48.5 Å². The summed E-state index contributed by atoms with van der Waals surface area (Å²) in [5.74, 6) is 0.850. The summed E-state index contributed by atoms with van der Waals surface area (Å²) in [7, 11) is 1.66. The zero-order valence-corrected chi connectivity index (χ0v) is 11.1. The summed E-state index contributed by atoms with van der Waals surface area (Å²) in [5, 5.41) is 0. The SMILES string of the molecule is COc1cccc(COCc2ccccc2CN)c1. The van der Waals surface area contributed by atoms with Gasteiger partial charge in [0.1, 0.15) is 5.75 Å². The van der Waals surface area contributed by atoms with Crippen molar-refractivity contribution in [3.8, 4) is 5.75 Å². The van der Waals surface area contributed by atoms with E-state index in [0.29, 0.717) is 19.8 Å². The summed E-state index contributed by atoms with van der Waals surface area (Å²) in [6.07, 6.45) is 0. The topological polar surface area (TPSA) is 44.5 Å². The van der Waals surface area contributed by atoms with E-state index in [1.54, 1.807) is 7.11 Å². The van der Waals surface area contributed by atoms with Gasteiger partial charge in [0.05, 0.1) is 20.3 Å². The third kappa shape index (κ3) is 3.81. The lowest BCUT2D eigenvalue weighted by atomic mass is 10.1. The van der Waals surface area contributed by atoms with Gasteiger partial charge in [0.25, 0.3) is 0 Å². The highest BCUT2D eigenvalue weighted by Gasteiger charge is 2.01. The molecule has 0 saturated heterocycles. The van der Waals surface area contributed by atoms with Gasteiger partial charge in [-0.15, -0.1) is 0 Å². The molecule has 0 saturated carbocycles. The molecule has 0 aliphatic heterocycles. The minimum Gasteiger partial charge on any atom is -0.497 e. The van der Waals surface area contributed by atoms with Gasteiger partial charge in [-0.1, -0.05) is 36.4 Å². The molecule has 0 radical (unpaired) electrons. The van der Waals surface area contributed by atoms with Gasteiger partial charge >= 0.3 is 0 Å². The molecule has 3 nitrogen and oxygen atoms in total. The maximum atomic E-state index is 5.74. The molecule has 0 unspecified atom stereocenters. The van der Waals surface area contributed by atoms with Gasteiger partial charge in [-0.2, -0.15) is 0 Å². The van der Waals surface area contributed by atoms with Gasteiger partial charge in [-0.25, -0.2) is 0 Å². The van der Waals surface area contributed by atoms with E-state index in [0.717, 1.165) is 22.4 Å². The summed E-state index contributed by atoms with van der Waals surface area (Å²) < 4.78 is 10.9. The van der Waals surface area contributed by atoms with Gasteiger partial charge in [0.15, 0.2) is 0 Å². The van der Waals surface area contributed by atoms with Crippen LogP contribution in [0.4, 0.5) is 0 Å². The lowest BCUT2D eigenvalue weighted by Gasteiger charge is -2.09. The lowest BCUT2D eigenvalue weighted by molar-refractivity contribution is 0.106. The Balaban J connectivity index is 1.92. The van der Waals surface area contributed by atoms with Gasteiger partial charge in [0.2, 0.25) is 0 Å². The molecule has 2 aromatic rings. The second kappa shape index (κ2) is 6.92. The minimum atomic E-state index is 0.540. The first-order chi connectivity index (χ1) is 9.33. The van der Waals surface area contributed by atoms with Crippen molar-refractivity contribution in [2.75, 3.05) is 7.11 Å². The van der Waals surface area contributed by atoms with Crippen LogP contribution in [0.15, 0.2) is 48.5 Å². The quantitative estimate of drug-likeness (QED) is 0.865. The number of hydrogen-bond donors (Lipinski definition) is 1. The highest BCUT2D eigenvalue weighted by atomic mass is 16.5. The fourth-order valence-corrected chi connectivity index (χ4v) is 1.94. The van der Waals surface area contributed by atoms with Crippen molar-refractivity contribution in [3.63, 3.8) is 0 Å². The lowest BCUT2D eigenvalue weighted by Crippen LogP contribution is -2.03. The first-order valence-corrected chi connectivity index (χ1v) is 6.31. The Kier molecular flexibility index (Phi) is 4.95. The molecule has 0 aliphatic rings. The number of rotatable bonds is 6. The molecule has 0 bridgehead atoms. The molecule has 3 heteroatoms. The Labute approximate surface area is 114 Å². The van der Waals surface area contributed by atoms with Crippen LogP contribution in [0.2, 0.25) is 0 Å². The summed E-state index contributed by atoms with van der Waals surface area (Å²) in [5.41, 5.74) is 9.08. The molecule has 2 N–H and O–H groups in total. The van der Waals surface area contributed by atoms with E-state index < -0.39 is 0 Å². The molecule has 2 rings (SSSR count). The van der Waals surface area contributed by atoms with Crippen molar-refractivity contribution in [2.24, 2.45) is 5.73 Å². The van der Waals surface area contributed by atoms with Crippen LogP contribution < -0.4 is 10.5 Å². The van der Waals surface area contributed by atoms with Crippen LogP contribution in [0.25, 0.3) is 0 Å². The number of methoxy groups -OCH3 is 1. The monoisotopic (exact) mass is 257 g/mol. The van der Waals surface area contributed by atoms with Crippen molar-refractivity contribution < 1.29 is 9.47 Å². The van der Waals surface area contributed by atoms with Crippen LogP contribution in [0.3, 0.4) is 0 Å². The van der Waals surface area contributed by atoms with E-state index in [2.05, 4.69) is 0 Å². The Morgan fingerprint density at radius 2 is 1.74 bits per heavy atom. The average Bonchev–Trinajstić information content (AvgIpc) is 2.48. The van der Waals surface area contributed by atoms with Crippen LogP contribution in [0, 0.1) is 0 Å². The molecule has 0 atom stereocenters. The van der Waals surface area contributed by atoms with Gasteiger partial charge in [-0.3, -0.25) is 0 Å². The maximum Gasteiger partial charge on any atom is 0.119 e. The maximum absolute atomic E-state index is 5.74. The van der Waals surface area contributed by atoms with Crippen molar-refractivity contribution in [1.82, 2.24) is 0 Å². The van der Waals surface area contributed by atoms with Crippen molar-refractivity contribution >= 4 is 0 Å². The first-order valence-electron chi connectivity index (χ1n) is 6.31. The largest absolute Gasteiger partial charge is 0.497 e. The zero-order valence-electron chi connectivity index (χ0n) is 11.1. The highest BCUT2D eigenvalue weighted by molar-refractivity contribution is 5.28. The Morgan fingerprint density at radius 3 is 2.47 bits per heavy atom. The molecule has 19 heavy (non-hydrogen) atoms. The molecule has 100 valence electrons. The summed E-state index contributed by atoms with van der Waals surface area (Å²) >= 11 is 0. The number of ether oxygens (including phenoxy) is 2. The van der Waals surface area contributed by atoms with E-state index in [1.165, 1.54) is 0 Å². The van der Waals surface area contributed by atoms with E-state index >= 15 is 0 Å². The average molecular weight is 257 g/mol. The molecule has 0 spiro atoms. The van der Waals surface area contributed by atoms with Crippen molar-refractivity contribution in [2.45, 2.75) is 19.8 Å². The van der Waals surface area contributed by atoms with E-state index in [4.69, 9.17) is 15.2 Å². The van der Waals surface area contributed by atoms with E-state index in [9.17, 15) is 0 Å². The fraction of sp³-hybridized carbons (Fsp3) is 0.250. The fourth-order valence-electron chi connectivity index (χ4n) is 1.94. The number of benzene rings is 2. The van der Waals surface area contributed by atoms with Crippen LogP contribution in [-0.4, -0.2) is 7.11 Å². The summed E-state index contributed by atoms with van der Waals surface area (Å²) in [6, 6.07) is 16.0. The first kappa shape index (κ1) is 13.6. The standard InChI is InChI=1S/C16H19NO2/c1-18-16-8-4-5-13(9-16)11-19-12-15-7-3-2-6-14(15)10-17/h2-9H,10-12,17H2,1H3. The Bertz CT molecular complexity index is 526. The van der Waals surface area contributed by atoms with Gasteiger partial charge < -0.3 is 15.2 Å². The second-order valence-electron chi connectivity index (χ2n) is 4.32. The van der Waals surface area contributed by atoms with Crippen LogP contribution in [-0.2, 0) is 24.5 Å². The van der Waals surface area contributed by atoms with Crippen LogP contribution >= 0.6 is 0 Å². The Morgan fingerprint density at radius 1 is 0.947 bits per heavy atom.